The normalized spacial score (nSPS) is 13.0. The van der Waals surface area contributed by atoms with Crippen LogP contribution in [-0.2, 0) is 27.0 Å². The van der Waals surface area contributed by atoms with Crippen LogP contribution in [-0.4, -0.2) is 66.4 Å². The molecule has 2 aromatic carbocycles. The van der Waals surface area contributed by atoms with Crippen LogP contribution in [0.5, 0.6) is 0 Å². The minimum Gasteiger partial charge on any atom is -0.332 e. The summed E-state index contributed by atoms with van der Waals surface area (Å²) in [4.78, 5) is 44.7. The van der Waals surface area contributed by atoms with E-state index in [4.69, 9.17) is 17.2 Å². The number of rotatable bonds is 12. The molecular weight excluding hydrogens is 539 g/mol. The van der Waals surface area contributed by atoms with Crippen LogP contribution in [0.4, 0.5) is 18.9 Å². The van der Waals surface area contributed by atoms with Gasteiger partial charge in [-0.05, 0) is 36.2 Å². The number of aromatic nitrogens is 1. The molecule has 3 amide bonds. The number of amides is 3. The highest BCUT2D eigenvalue weighted by Crippen LogP contribution is 2.29. The second-order valence-electron chi connectivity index (χ2n) is 9.60. The van der Waals surface area contributed by atoms with Gasteiger partial charge in [-0.1, -0.05) is 24.3 Å². The lowest BCUT2D eigenvalue weighted by atomic mass is 10.0. The Labute approximate surface area is 235 Å². The molecule has 10 nitrogen and oxygen atoms in total. The number of anilines is 1. The summed E-state index contributed by atoms with van der Waals surface area (Å²) in [6.45, 7) is 0.465. The minimum absolute atomic E-state index is 0.00265. The topological polar surface area (TPSA) is 162 Å². The molecule has 8 N–H and O–H groups in total. The first-order chi connectivity index (χ1) is 19.4. The van der Waals surface area contributed by atoms with Gasteiger partial charge >= 0.3 is 6.18 Å². The van der Waals surface area contributed by atoms with Crippen molar-refractivity contribution in [3.8, 4) is 0 Å². The number of benzene rings is 2. The maximum atomic E-state index is 13.5. The molecule has 3 aromatic rings. The predicted octanol–water partition coefficient (Wildman–Crippen LogP) is 1.49. The van der Waals surface area contributed by atoms with Crippen molar-refractivity contribution in [2.45, 2.75) is 37.5 Å². The SMILES string of the molecule is CN(C(=O)[C@@H](N)CCC(=O)N(CN)CCN)[C@@H](Cc1ccc(C(F)(F)F)cc1)C(=O)Nc1c[nH+]c2ccccc2c1. The van der Waals surface area contributed by atoms with Crippen LogP contribution in [0.15, 0.2) is 60.8 Å². The van der Waals surface area contributed by atoms with Crippen molar-refractivity contribution in [3.63, 3.8) is 0 Å². The molecular formula is C28H35F3N7O3+. The van der Waals surface area contributed by atoms with E-state index < -0.39 is 35.6 Å². The van der Waals surface area contributed by atoms with Crippen LogP contribution < -0.4 is 27.5 Å². The van der Waals surface area contributed by atoms with E-state index in [1.165, 1.54) is 24.1 Å². The number of H-pyrrole nitrogens is 1. The summed E-state index contributed by atoms with van der Waals surface area (Å²) in [5, 5.41) is 3.62. The summed E-state index contributed by atoms with van der Waals surface area (Å²) in [6.07, 6.45) is -3.05. The lowest BCUT2D eigenvalue weighted by Crippen LogP contribution is -2.52. The van der Waals surface area contributed by atoms with Gasteiger partial charge in [-0.2, -0.15) is 13.2 Å². The number of hydrogen-bond acceptors (Lipinski definition) is 6. The number of carbonyl (C=O) groups excluding carboxylic acids is 3. The van der Waals surface area contributed by atoms with E-state index in [2.05, 4.69) is 10.3 Å². The highest BCUT2D eigenvalue weighted by Gasteiger charge is 2.32. The Morgan fingerprint density at radius 3 is 2.37 bits per heavy atom. The van der Waals surface area contributed by atoms with E-state index in [1.54, 1.807) is 12.3 Å². The van der Waals surface area contributed by atoms with Gasteiger partial charge in [0.2, 0.25) is 23.2 Å². The first kappa shape index (κ1) is 31.5. The van der Waals surface area contributed by atoms with Crippen LogP contribution in [0.2, 0.25) is 0 Å². The molecule has 0 spiro atoms. The van der Waals surface area contributed by atoms with Crippen molar-refractivity contribution in [1.29, 1.82) is 0 Å². The molecule has 0 radical (unpaired) electrons. The van der Waals surface area contributed by atoms with E-state index in [0.717, 1.165) is 27.9 Å². The molecule has 0 saturated carbocycles. The molecule has 2 atom stereocenters. The molecule has 0 aliphatic rings. The van der Waals surface area contributed by atoms with Crippen molar-refractivity contribution < 1.29 is 32.5 Å². The smallest absolute Gasteiger partial charge is 0.332 e. The van der Waals surface area contributed by atoms with Gasteiger partial charge in [0.1, 0.15) is 11.7 Å². The van der Waals surface area contributed by atoms with E-state index in [9.17, 15) is 27.6 Å². The maximum Gasteiger partial charge on any atom is 0.416 e. The first-order valence-corrected chi connectivity index (χ1v) is 13.0. The summed E-state index contributed by atoms with van der Waals surface area (Å²) in [5.74, 6) is -1.48. The minimum atomic E-state index is -4.51. The summed E-state index contributed by atoms with van der Waals surface area (Å²) in [5.41, 5.74) is 18.1. The number of likely N-dealkylation sites (N-methyl/N-ethyl adjacent to an activating group) is 1. The Morgan fingerprint density at radius 2 is 1.73 bits per heavy atom. The Balaban J connectivity index is 1.80. The zero-order valence-electron chi connectivity index (χ0n) is 22.7. The first-order valence-electron chi connectivity index (χ1n) is 13.0. The number of halogens is 3. The zero-order valence-corrected chi connectivity index (χ0v) is 22.7. The zero-order chi connectivity index (χ0) is 30.2. The number of fused-ring (bicyclic) bond motifs is 1. The number of carbonyl (C=O) groups is 3. The van der Waals surface area contributed by atoms with Gasteiger partial charge in [0.25, 0.3) is 0 Å². The molecule has 13 heteroatoms. The molecule has 0 aliphatic heterocycles. The highest BCUT2D eigenvalue weighted by atomic mass is 19.4. The third kappa shape index (κ3) is 8.46. The second-order valence-corrected chi connectivity index (χ2v) is 9.60. The van der Waals surface area contributed by atoms with Crippen LogP contribution in [0.1, 0.15) is 24.0 Å². The molecule has 220 valence electrons. The van der Waals surface area contributed by atoms with Gasteiger partial charge < -0.3 is 32.3 Å². The highest BCUT2D eigenvalue weighted by molar-refractivity contribution is 5.98. The van der Waals surface area contributed by atoms with Crippen molar-refractivity contribution in [3.05, 3.63) is 71.9 Å². The van der Waals surface area contributed by atoms with Crippen molar-refractivity contribution in [2.24, 2.45) is 17.2 Å². The molecule has 0 aliphatic carbocycles. The van der Waals surface area contributed by atoms with Gasteiger partial charge in [0.15, 0.2) is 6.20 Å². The van der Waals surface area contributed by atoms with Crippen LogP contribution in [0.25, 0.3) is 10.9 Å². The van der Waals surface area contributed by atoms with E-state index in [1.807, 2.05) is 24.3 Å². The summed E-state index contributed by atoms with van der Waals surface area (Å²) >= 11 is 0. The van der Waals surface area contributed by atoms with Gasteiger partial charge in [0, 0.05) is 44.4 Å². The van der Waals surface area contributed by atoms with Gasteiger partial charge in [-0.3, -0.25) is 14.4 Å². The van der Waals surface area contributed by atoms with Gasteiger partial charge in [0.05, 0.1) is 18.3 Å². The standard InChI is InChI=1S/C28H34F3N7O3/c1-37(27(41)22(34)10-11-25(39)38(17-33)13-12-32)24(14-18-6-8-20(9-7-18)28(29,30)31)26(40)36-21-15-19-4-2-3-5-23(19)35-16-21/h2-9,15-16,22,24H,10-14,17,32-34H2,1H3,(H,36,40)/p+1/t22-,24-/m0/s1. The third-order valence-corrected chi connectivity index (χ3v) is 6.71. The average molecular weight is 575 g/mol. The third-order valence-electron chi connectivity index (χ3n) is 6.71. The molecule has 0 saturated heterocycles. The number of pyridine rings is 1. The van der Waals surface area contributed by atoms with Gasteiger partial charge in [-0.25, -0.2) is 4.98 Å². The largest absolute Gasteiger partial charge is 0.416 e. The number of hydrogen-bond donors (Lipinski definition) is 4. The second kappa shape index (κ2) is 14.0. The number of aromatic amines is 1. The summed E-state index contributed by atoms with van der Waals surface area (Å²) in [7, 11) is 1.39. The number of nitrogens with zero attached hydrogens (tertiary/aromatic N) is 2. The van der Waals surface area contributed by atoms with Crippen LogP contribution in [0, 0.1) is 0 Å². The molecule has 1 aromatic heterocycles. The van der Waals surface area contributed by atoms with E-state index in [0.29, 0.717) is 11.3 Å². The number of alkyl halides is 3. The Kier molecular flexibility index (Phi) is 10.8. The molecule has 41 heavy (non-hydrogen) atoms. The van der Waals surface area contributed by atoms with Gasteiger partial charge in [-0.15, -0.1) is 0 Å². The van der Waals surface area contributed by atoms with Crippen molar-refractivity contribution in [1.82, 2.24) is 9.80 Å². The summed E-state index contributed by atoms with van der Waals surface area (Å²) in [6, 6.07) is 11.3. The molecule has 1 heterocycles. The lowest BCUT2D eigenvalue weighted by molar-refractivity contribution is -0.343. The van der Waals surface area contributed by atoms with E-state index in [-0.39, 0.29) is 44.9 Å². The fourth-order valence-corrected chi connectivity index (χ4v) is 4.32. The lowest BCUT2D eigenvalue weighted by Gasteiger charge is -2.30. The average Bonchev–Trinajstić information content (AvgIpc) is 2.96. The van der Waals surface area contributed by atoms with Crippen molar-refractivity contribution in [2.75, 3.05) is 32.1 Å². The molecule has 0 unspecified atom stereocenters. The molecule has 0 bridgehead atoms. The fourth-order valence-electron chi connectivity index (χ4n) is 4.32. The number of nitrogens with two attached hydrogens (primary N) is 3. The quantitative estimate of drug-likeness (QED) is 0.240. The monoisotopic (exact) mass is 574 g/mol. The maximum absolute atomic E-state index is 13.5. The van der Waals surface area contributed by atoms with Crippen molar-refractivity contribution >= 4 is 34.3 Å². The Morgan fingerprint density at radius 1 is 1.05 bits per heavy atom. The van der Waals surface area contributed by atoms with Crippen LogP contribution >= 0.6 is 0 Å². The van der Waals surface area contributed by atoms with Crippen LogP contribution in [0.3, 0.4) is 0 Å². The predicted molar refractivity (Wildman–Crippen MR) is 148 cm³/mol. The Bertz CT molecular complexity index is 1350. The number of para-hydroxylation sites is 1. The number of nitrogens with one attached hydrogen (secondary N) is 2. The molecule has 0 fully saturated rings. The Hall–Kier alpha value is -4.07. The fraction of sp³-hybridized carbons (Fsp3) is 0.357. The van der Waals surface area contributed by atoms with E-state index >= 15 is 0 Å². The summed E-state index contributed by atoms with van der Waals surface area (Å²) < 4.78 is 39.2. The molecule has 3 rings (SSSR count).